The quantitative estimate of drug-likeness (QED) is 0.423. The number of pyridine rings is 1. The first-order valence-electron chi connectivity index (χ1n) is 5.33. The van der Waals surface area contributed by atoms with E-state index in [9.17, 15) is 10.1 Å². The molecule has 0 atom stereocenters. The maximum Gasteiger partial charge on any atom is 0.287 e. The summed E-state index contributed by atoms with van der Waals surface area (Å²) in [5.74, 6) is 1.10. The van der Waals surface area contributed by atoms with Gasteiger partial charge in [0.05, 0.1) is 11.5 Å². The lowest BCUT2D eigenvalue weighted by atomic mass is 10.1. The normalized spacial score (nSPS) is 10.4. The second-order valence-electron chi connectivity index (χ2n) is 4.00. The first-order chi connectivity index (χ1) is 7.59. The van der Waals surface area contributed by atoms with Crippen molar-refractivity contribution in [3.63, 3.8) is 0 Å². The van der Waals surface area contributed by atoms with Crippen LogP contribution in [0.1, 0.15) is 26.7 Å². The monoisotopic (exact) mass is 224 g/mol. The molecule has 1 rings (SSSR count). The largest absolute Gasteiger partial charge is 0.478 e. The van der Waals surface area contributed by atoms with Crippen LogP contribution >= 0.6 is 0 Å². The fourth-order valence-corrected chi connectivity index (χ4v) is 1.23. The van der Waals surface area contributed by atoms with E-state index in [1.807, 2.05) is 0 Å². The molecule has 0 saturated carbocycles. The number of nitro groups is 1. The van der Waals surface area contributed by atoms with Gasteiger partial charge < -0.3 is 4.74 Å². The summed E-state index contributed by atoms with van der Waals surface area (Å²) in [6.45, 7) is 4.91. The van der Waals surface area contributed by atoms with Gasteiger partial charge in [0.2, 0.25) is 5.88 Å². The number of hydrogen-bond donors (Lipinski definition) is 0. The first-order valence-corrected chi connectivity index (χ1v) is 5.33. The molecule has 0 bridgehead atoms. The van der Waals surface area contributed by atoms with Crippen LogP contribution in [0.15, 0.2) is 18.3 Å². The maximum atomic E-state index is 10.4. The molecule has 0 aliphatic heterocycles. The lowest BCUT2D eigenvalue weighted by Gasteiger charge is -2.06. The topological polar surface area (TPSA) is 65.3 Å². The van der Waals surface area contributed by atoms with Crippen LogP contribution in [0.25, 0.3) is 0 Å². The van der Waals surface area contributed by atoms with E-state index in [1.165, 1.54) is 18.3 Å². The van der Waals surface area contributed by atoms with Crippen LogP contribution in [0.2, 0.25) is 0 Å². The van der Waals surface area contributed by atoms with Crippen molar-refractivity contribution >= 4 is 5.69 Å². The molecule has 0 aliphatic rings. The molecule has 1 aromatic rings. The summed E-state index contributed by atoms with van der Waals surface area (Å²) < 4.78 is 5.36. The number of rotatable bonds is 6. The molecule has 5 heteroatoms. The van der Waals surface area contributed by atoms with E-state index in [0.29, 0.717) is 18.4 Å². The van der Waals surface area contributed by atoms with Gasteiger partial charge in [-0.3, -0.25) is 10.1 Å². The summed E-state index contributed by atoms with van der Waals surface area (Å²) in [5, 5.41) is 10.4. The third-order valence-electron chi connectivity index (χ3n) is 2.11. The van der Waals surface area contributed by atoms with Gasteiger partial charge in [-0.15, -0.1) is 0 Å². The molecule has 0 unspecified atom stereocenters. The Labute approximate surface area is 94.6 Å². The van der Waals surface area contributed by atoms with Gasteiger partial charge in [0.15, 0.2) is 0 Å². The Kier molecular flexibility index (Phi) is 4.69. The molecule has 0 aromatic carbocycles. The summed E-state index contributed by atoms with van der Waals surface area (Å²) in [6.07, 6.45) is 3.28. The fourth-order valence-electron chi connectivity index (χ4n) is 1.23. The Bertz CT molecular complexity index is 336. The van der Waals surface area contributed by atoms with Crippen LogP contribution in [0.5, 0.6) is 5.88 Å². The van der Waals surface area contributed by atoms with Crippen molar-refractivity contribution in [2.75, 3.05) is 6.61 Å². The molecule has 1 heterocycles. The predicted octanol–water partition coefficient (Wildman–Crippen LogP) is 2.80. The highest BCUT2D eigenvalue weighted by Crippen LogP contribution is 2.14. The molecule has 16 heavy (non-hydrogen) atoms. The third kappa shape index (κ3) is 4.25. The molecule has 0 spiro atoms. The summed E-state index contributed by atoms with van der Waals surface area (Å²) in [4.78, 5) is 13.7. The number of aromatic nitrogens is 1. The van der Waals surface area contributed by atoms with Crippen LogP contribution in [0.4, 0.5) is 5.69 Å². The molecular formula is C11H16N2O3. The van der Waals surface area contributed by atoms with Gasteiger partial charge in [-0.25, -0.2) is 4.98 Å². The standard InChI is InChI=1S/C11H16N2O3/c1-9(2)4-3-7-16-11-6-5-10(8-12-11)13(14)15/h5-6,8-9H,3-4,7H2,1-2H3. The molecule has 0 radical (unpaired) electrons. The second kappa shape index (κ2) is 6.05. The second-order valence-corrected chi connectivity index (χ2v) is 4.00. The van der Waals surface area contributed by atoms with Crippen molar-refractivity contribution in [1.82, 2.24) is 4.98 Å². The molecule has 0 saturated heterocycles. The van der Waals surface area contributed by atoms with E-state index in [2.05, 4.69) is 18.8 Å². The maximum absolute atomic E-state index is 10.4. The van der Waals surface area contributed by atoms with Gasteiger partial charge in [-0.1, -0.05) is 13.8 Å². The molecule has 5 nitrogen and oxygen atoms in total. The average Bonchev–Trinajstić information content (AvgIpc) is 2.25. The number of hydrogen-bond acceptors (Lipinski definition) is 4. The highest BCUT2D eigenvalue weighted by molar-refractivity contribution is 5.28. The molecule has 0 amide bonds. The smallest absolute Gasteiger partial charge is 0.287 e. The summed E-state index contributed by atoms with van der Waals surface area (Å²) >= 11 is 0. The van der Waals surface area contributed by atoms with Gasteiger partial charge in [0.25, 0.3) is 5.69 Å². The van der Waals surface area contributed by atoms with Crippen molar-refractivity contribution in [2.45, 2.75) is 26.7 Å². The SMILES string of the molecule is CC(C)CCCOc1ccc([N+](=O)[O-])cn1. The van der Waals surface area contributed by atoms with E-state index < -0.39 is 4.92 Å². The Morgan fingerprint density at radius 2 is 2.25 bits per heavy atom. The van der Waals surface area contributed by atoms with Gasteiger partial charge in [0, 0.05) is 12.1 Å². The van der Waals surface area contributed by atoms with Gasteiger partial charge in [-0.05, 0) is 18.8 Å². The van der Waals surface area contributed by atoms with Crippen LogP contribution in [-0.2, 0) is 0 Å². The Balaban J connectivity index is 2.35. The lowest BCUT2D eigenvalue weighted by Crippen LogP contribution is -2.01. The first kappa shape index (κ1) is 12.4. The minimum absolute atomic E-state index is 0.0190. The van der Waals surface area contributed by atoms with Crippen LogP contribution in [0.3, 0.4) is 0 Å². The third-order valence-corrected chi connectivity index (χ3v) is 2.11. The van der Waals surface area contributed by atoms with Gasteiger partial charge in [0.1, 0.15) is 6.20 Å². The van der Waals surface area contributed by atoms with Crippen molar-refractivity contribution < 1.29 is 9.66 Å². The Hall–Kier alpha value is -1.65. The highest BCUT2D eigenvalue weighted by atomic mass is 16.6. The molecule has 88 valence electrons. The minimum Gasteiger partial charge on any atom is -0.478 e. The van der Waals surface area contributed by atoms with E-state index in [-0.39, 0.29) is 5.69 Å². The summed E-state index contributed by atoms with van der Waals surface area (Å²) in [6, 6.07) is 2.91. The zero-order valence-corrected chi connectivity index (χ0v) is 9.55. The van der Waals surface area contributed by atoms with Crippen LogP contribution < -0.4 is 4.74 Å². The van der Waals surface area contributed by atoms with Crippen LogP contribution in [0, 0.1) is 16.0 Å². The van der Waals surface area contributed by atoms with E-state index in [4.69, 9.17) is 4.74 Å². The summed E-state index contributed by atoms with van der Waals surface area (Å²) in [5.41, 5.74) is -0.0190. The van der Waals surface area contributed by atoms with Crippen LogP contribution in [-0.4, -0.2) is 16.5 Å². The zero-order valence-electron chi connectivity index (χ0n) is 9.55. The molecule has 1 aromatic heterocycles. The lowest BCUT2D eigenvalue weighted by molar-refractivity contribution is -0.385. The van der Waals surface area contributed by atoms with Crippen molar-refractivity contribution in [2.24, 2.45) is 5.92 Å². The molecular weight excluding hydrogens is 208 g/mol. The van der Waals surface area contributed by atoms with Gasteiger partial charge in [-0.2, -0.15) is 0 Å². The fraction of sp³-hybridized carbons (Fsp3) is 0.545. The van der Waals surface area contributed by atoms with E-state index in [1.54, 1.807) is 0 Å². The van der Waals surface area contributed by atoms with Crippen molar-refractivity contribution in [1.29, 1.82) is 0 Å². The Morgan fingerprint density at radius 1 is 1.50 bits per heavy atom. The number of nitrogens with zero attached hydrogens (tertiary/aromatic N) is 2. The number of ether oxygens (including phenoxy) is 1. The van der Waals surface area contributed by atoms with Crippen molar-refractivity contribution in [3.05, 3.63) is 28.4 Å². The zero-order chi connectivity index (χ0) is 12.0. The molecule has 0 aliphatic carbocycles. The Morgan fingerprint density at radius 3 is 2.75 bits per heavy atom. The highest BCUT2D eigenvalue weighted by Gasteiger charge is 2.05. The average molecular weight is 224 g/mol. The predicted molar refractivity (Wildman–Crippen MR) is 60.5 cm³/mol. The molecule has 0 N–H and O–H groups in total. The van der Waals surface area contributed by atoms with Gasteiger partial charge >= 0.3 is 0 Å². The van der Waals surface area contributed by atoms with E-state index in [0.717, 1.165) is 12.8 Å². The van der Waals surface area contributed by atoms with E-state index >= 15 is 0 Å². The van der Waals surface area contributed by atoms with Crippen molar-refractivity contribution in [3.8, 4) is 5.88 Å². The summed E-state index contributed by atoms with van der Waals surface area (Å²) in [7, 11) is 0. The minimum atomic E-state index is -0.477. The molecule has 0 fully saturated rings.